The predicted molar refractivity (Wildman–Crippen MR) is 131 cm³/mol. The van der Waals surface area contributed by atoms with E-state index in [2.05, 4.69) is 10.1 Å². The maximum atomic E-state index is 13.7. The Labute approximate surface area is 200 Å². The molecule has 0 saturated heterocycles. The van der Waals surface area contributed by atoms with Crippen molar-refractivity contribution < 1.29 is 14.7 Å². The highest BCUT2D eigenvalue weighted by Crippen LogP contribution is 2.33. The molecule has 0 saturated carbocycles. The molecule has 0 aliphatic carbocycles. The molecule has 0 aliphatic rings. The fourth-order valence-corrected chi connectivity index (χ4v) is 4.28. The standard InChI is InChI=1S/C27H18ClN3O3/c1-16-4-2-6-22(28)24(16)26(32)31-23-14-19(20-5-3-13-29-15-20)11-12-21(23)25(30-31)17-7-9-18(10-8-17)27(33)34/h2-15H,1H3,(H,33,34). The number of carboxylic acid groups (broad SMARTS) is 1. The van der Waals surface area contributed by atoms with Crippen LogP contribution in [0.1, 0.15) is 26.3 Å². The lowest BCUT2D eigenvalue weighted by atomic mass is 10.0. The van der Waals surface area contributed by atoms with E-state index in [0.29, 0.717) is 27.4 Å². The zero-order chi connectivity index (χ0) is 23.8. The van der Waals surface area contributed by atoms with Gasteiger partial charge in [0.05, 0.1) is 21.7 Å². The number of hydrogen-bond acceptors (Lipinski definition) is 4. The fraction of sp³-hybridized carbons (Fsp3) is 0.0370. The number of aromatic nitrogens is 3. The van der Waals surface area contributed by atoms with Crippen LogP contribution in [0, 0.1) is 6.92 Å². The first-order valence-electron chi connectivity index (χ1n) is 10.5. The quantitative estimate of drug-likeness (QED) is 0.344. The van der Waals surface area contributed by atoms with Gasteiger partial charge in [-0.1, -0.05) is 48.0 Å². The van der Waals surface area contributed by atoms with Crippen LogP contribution in [-0.2, 0) is 0 Å². The first-order chi connectivity index (χ1) is 16.4. The Balaban J connectivity index is 1.74. The van der Waals surface area contributed by atoms with E-state index in [0.717, 1.165) is 22.1 Å². The van der Waals surface area contributed by atoms with Crippen molar-refractivity contribution in [1.82, 2.24) is 14.8 Å². The number of halogens is 1. The van der Waals surface area contributed by atoms with E-state index in [4.69, 9.17) is 11.6 Å². The summed E-state index contributed by atoms with van der Waals surface area (Å²) in [5.41, 5.74) is 4.99. The summed E-state index contributed by atoms with van der Waals surface area (Å²) in [6, 6.07) is 21.3. The summed E-state index contributed by atoms with van der Waals surface area (Å²) in [6.45, 7) is 1.83. The third-order valence-electron chi connectivity index (χ3n) is 5.71. The van der Waals surface area contributed by atoms with Gasteiger partial charge in [-0.3, -0.25) is 9.78 Å². The Morgan fingerprint density at radius 1 is 0.912 bits per heavy atom. The Morgan fingerprint density at radius 2 is 1.68 bits per heavy atom. The number of nitrogens with zero attached hydrogens (tertiary/aromatic N) is 3. The van der Waals surface area contributed by atoms with E-state index < -0.39 is 5.97 Å². The molecule has 5 aromatic rings. The van der Waals surface area contributed by atoms with Crippen LogP contribution < -0.4 is 0 Å². The van der Waals surface area contributed by atoms with Gasteiger partial charge >= 0.3 is 5.97 Å². The average Bonchev–Trinajstić information content (AvgIpc) is 3.23. The van der Waals surface area contributed by atoms with Gasteiger partial charge in [0.25, 0.3) is 5.91 Å². The summed E-state index contributed by atoms with van der Waals surface area (Å²) in [6.07, 6.45) is 3.46. The van der Waals surface area contributed by atoms with Crippen molar-refractivity contribution in [3.63, 3.8) is 0 Å². The maximum Gasteiger partial charge on any atom is 0.335 e. The molecule has 2 heterocycles. The SMILES string of the molecule is Cc1cccc(Cl)c1C(=O)n1nc(-c2ccc(C(=O)O)cc2)c2ccc(-c3cccnc3)cc21. The lowest BCUT2D eigenvalue weighted by Gasteiger charge is -2.08. The van der Waals surface area contributed by atoms with Crippen molar-refractivity contribution >= 4 is 34.4 Å². The lowest BCUT2D eigenvalue weighted by molar-refractivity contribution is 0.0696. The molecule has 0 amide bonds. The summed E-state index contributed by atoms with van der Waals surface area (Å²) < 4.78 is 1.36. The molecule has 34 heavy (non-hydrogen) atoms. The molecule has 0 bridgehead atoms. The van der Waals surface area contributed by atoms with Crippen molar-refractivity contribution in [2.75, 3.05) is 0 Å². The Morgan fingerprint density at radius 3 is 2.35 bits per heavy atom. The fourth-order valence-electron chi connectivity index (χ4n) is 3.98. The van der Waals surface area contributed by atoms with Gasteiger partial charge in [0.1, 0.15) is 5.69 Å². The monoisotopic (exact) mass is 467 g/mol. The number of carboxylic acids is 1. The predicted octanol–water partition coefficient (Wildman–Crippen LogP) is 6.11. The molecule has 0 atom stereocenters. The zero-order valence-corrected chi connectivity index (χ0v) is 18.8. The van der Waals surface area contributed by atoms with Crippen molar-refractivity contribution in [2.45, 2.75) is 6.92 Å². The van der Waals surface area contributed by atoms with Gasteiger partial charge in [0.15, 0.2) is 0 Å². The van der Waals surface area contributed by atoms with Gasteiger partial charge < -0.3 is 5.11 Å². The summed E-state index contributed by atoms with van der Waals surface area (Å²) in [4.78, 5) is 29.1. The largest absolute Gasteiger partial charge is 0.478 e. The van der Waals surface area contributed by atoms with Crippen molar-refractivity contribution in [1.29, 1.82) is 0 Å². The number of aromatic carboxylic acids is 1. The molecule has 0 spiro atoms. The highest BCUT2D eigenvalue weighted by Gasteiger charge is 2.22. The van der Waals surface area contributed by atoms with E-state index in [1.807, 2.05) is 43.3 Å². The normalized spacial score (nSPS) is 11.0. The second-order valence-electron chi connectivity index (χ2n) is 7.85. The number of fused-ring (bicyclic) bond motifs is 1. The third kappa shape index (κ3) is 3.74. The number of benzene rings is 3. The van der Waals surface area contributed by atoms with Gasteiger partial charge in [-0.05, 0) is 54.4 Å². The molecule has 0 aliphatic heterocycles. The van der Waals surface area contributed by atoms with Crippen LogP contribution in [-0.4, -0.2) is 31.7 Å². The average molecular weight is 468 g/mol. The highest BCUT2D eigenvalue weighted by molar-refractivity contribution is 6.34. The van der Waals surface area contributed by atoms with Gasteiger partial charge in [0, 0.05) is 28.9 Å². The summed E-state index contributed by atoms with van der Waals surface area (Å²) in [5.74, 6) is -1.35. The number of pyridine rings is 1. The van der Waals surface area contributed by atoms with Gasteiger partial charge in [0.2, 0.25) is 0 Å². The lowest BCUT2D eigenvalue weighted by Crippen LogP contribution is -2.15. The van der Waals surface area contributed by atoms with E-state index in [-0.39, 0.29) is 11.5 Å². The first kappa shape index (κ1) is 21.6. The third-order valence-corrected chi connectivity index (χ3v) is 6.02. The van der Waals surface area contributed by atoms with Crippen molar-refractivity contribution in [3.8, 4) is 22.4 Å². The zero-order valence-electron chi connectivity index (χ0n) is 18.1. The number of carbonyl (C=O) groups excluding carboxylic acids is 1. The van der Waals surface area contributed by atoms with E-state index in [1.165, 1.54) is 16.8 Å². The second-order valence-corrected chi connectivity index (χ2v) is 8.26. The van der Waals surface area contributed by atoms with E-state index in [9.17, 15) is 14.7 Å². The molecule has 0 fully saturated rings. The molecule has 6 nitrogen and oxygen atoms in total. The molecular weight excluding hydrogens is 450 g/mol. The highest BCUT2D eigenvalue weighted by atomic mass is 35.5. The minimum atomic E-state index is -1.01. The molecule has 1 N–H and O–H groups in total. The molecule has 3 aromatic carbocycles. The molecule has 2 aromatic heterocycles. The molecular formula is C27H18ClN3O3. The van der Waals surface area contributed by atoms with Gasteiger partial charge in [-0.15, -0.1) is 0 Å². The first-order valence-corrected chi connectivity index (χ1v) is 10.9. The van der Waals surface area contributed by atoms with E-state index >= 15 is 0 Å². The second kappa shape index (κ2) is 8.57. The number of rotatable bonds is 4. The number of aryl methyl sites for hydroxylation is 1. The topological polar surface area (TPSA) is 85.1 Å². The van der Waals surface area contributed by atoms with Gasteiger partial charge in [-0.25, -0.2) is 4.79 Å². The van der Waals surface area contributed by atoms with Crippen LogP contribution in [0.5, 0.6) is 0 Å². The molecule has 166 valence electrons. The van der Waals surface area contributed by atoms with Gasteiger partial charge in [-0.2, -0.15) is 9.78 Å². The Hall–Kier alpha value is -4.29. The van der Waals surface area contributed by atoms with Crippen LogP contribution in [0.3, 0.4) is 0 Å². The minimum Gasteiger partial charge on any atom is -0.478 e. The van der Waals surface area contributed by atoms with Crippen LogP contribution in [0.25, 0.3) is 33.3 Å². The van der Waals surface area contributed by atoms with Crippen LogP contribution in [0.2, 0.25) is 5.02 Å². The minimum absolute atomic E-state index is 0.175. The molecule has 5 rings (SSSR count). The number of carbonyl (C=O) groups is 2. The molecule has 0 radical (unpaired) electrons. The molecule has 0 unspecified atom stereocenters. The van der Waals surface area contributed by atoms with Crippen LogP contribution >= 0.6 is 11.6 Å². The maximum absolute atomic E-state index is 13.7. The smallest absolute Gasteiger partial charge is 0.335 e. The Kier molecular flexibility index (Phi) is 5.43. The van der Waals surface area contributed by atoms with E-state index in [1.54, 1.807) is 36.7 Å². The van der Waals surface area contributed by atoms with Crippen LogP contribution in [0.4, 0.5) is 0 Å². The summed E-state index contributed by atoms with van der Waals surface area (Å²) >= 11 is 6.40. The Bertz CT molecular complexity index is 1540. The molecule has 7 heteroatoms. The van der Waals surface area contributed by atoms with Crippen molar-refractivity contribution in [3.05, 3.63) is 107 Å². The van der Waals surface area contributed by atoms with Crippen molar-refractivity contribution in [2.24, 2.45) is 0 Å². The summed E-state index contributed by atoms with van der Waals surface area (Å²) in [7, 11) is 0. The summed E-state index contributed by atoms with van der Waals surface area (Å²) in [5, 5.41) is 15.0. The van der Waals surface area contributed by atoms with Crippen LogP contribution in [0.15, 0.2) is 85.2 Å². The number of hydrogen-bond donors (Lipinski definition) is 1.